The molecule has 0 aromatic carbocycles. The van der Waals surface area contributed by atoms with Crippen LogP contribution in [0.4, 0.5) is 0 Å². The van der Waals surface area contributed by atoms with E-state index in [1.165, 1.54) is 11.8 Å². The van der Waals surface area contributed by atoms with Gasteiger partial charge in [-0.3, -0.25) is 0 Å². The van der Waals surface area contributed by atoms with E-state index in [1.807, 2.05) is 6.26 Å². The second-order valence-corrected chi connectivity index (χ2v) is 3.39. The number of hydrogen-bond acceptors (Lipinski definition) is 3. The predicted molar refractivity (Wildman–Crippen MR) is 36.5 cm³/mol. The highest BCUT2D eigenvalue weighted by molar-refractivity contribution is 8.01. The van der Waals surface area contributed by atoms with Crippen molar-refractivity contribution in [1.82, 2.24) is 0 Å². The summed E-state index contributed by atoms with van der Waals surface area (Å²) in [6, 6.07) is 0. The lowest BCUT2D eigenvalue weighted by Gasteiger charge is -1.98. The van der Waals surface area contributed by atoms with Gasteiger partial charge in [-0.2, -0.15) is 11.8 Å². The summed E-state index contributed by atoms with van der Waals surface area (Å²) in [5.41, 5.74) is 0. The van der Waals surface area contributed by atoms with Gasteiger partial charge in [-0.1, -0.05) is 0 Å². The Kier molecular flexibility index (Phi) is 1.62. The number of aldehydes is 2. The van der Waals surface area contributed by atoms with Crippen LogP contribution < -0.4 is 0 Å². The Morgan fingerprint density at radius 1 is 1.67 bits per heavy atom. The van der Waals surface area contributed by atoms with Crippen molar-refractivity contribution in [2.24, 2.45) is 5.92 Å². The van der Waals surface area contributed by atoms with Gasteiger partial charge in [0.25, 0.3) is 0 Å². The topological polar surface area (TPSA) is 34.1 Å². The van der Waals surface area contributed by atoms with Gasteiger partial charge >= 0.3 is 0 Å². The summed E-state index contributed by atoms with van der Waals surface area (Å²) in [6.07, 6.45) is 4.35. The Hall–Kier alpha value is -0.310. The zero-order chi connectivity index (χ0) is 6.91. The summed E-state index contributed by atoms with van der Waals surface area (Å²) >= 11 is 1.47. The van der Waals surface area contributed by atoms with Crippen molar-refractivity contribution < 1.29 is 9.59 Å². The molecule has 1 aliphatic rings. The molecular weight excluding hydrogens is 136 g/mol. The third-order valence-corrected chi connectivity index (χ3v) is 3.08. The summed E-state index contributed by atoms with van der Waals surface area (Å²) < 4.78 is -0.332. The fourth-order valence-electron chi connectivity index (χ4n) is 0.866. The molecule has 1 saturated carbocycles. The van der Waals surface area contributed by atoms with E-state index in [2.05, 4.69) is 0 Å². The van der Waals surface area contributed by atoms with E-state index < -0.39 is 0 Å². The number of hydrogen-bond donors (Lipinski definition) is 0. The molecule has 2 nitrogen and oxygen atoms in total. The van der Waals surface area contributed by atoms with Gasteiger partial charge in [0, 0.05) is 5.92 Å². The Morgan fingerprint density at radius 2 is 2.33 bits per heavy atom. The Morgan fingerprint density at radius 3 is 2.44 bits per heavy atom. The highest BCUT2D eigenvalue weighted by atomic mass is 32.2. The van der Waals surface area contributed by atoms with Gasteiger partial charge in [0.15, 0.2) is 0 Å². The minimum Gasteiger partial charge on any atom is -0.303 e. The SMILES string of the molecule is CS[C@@]1(C=O)C[C@H]1C=O. The molecule has 9 heavy (non-hydrogen) atoms. The summed E-state index contributed by atoms with van der Waals surface area (Å²) in [7, 11) is 0. The third kappa shape index (κ3) is 0.894. The molecule has 0 bridgehead atoms. The molecule has 1 fully saturated rings. The van der Waals surface area contributed by atoms with Crippen LogP contribution in [0.15, 0.2) is 0 Å². The molecule has 1 rings (SSSR count). The lowest BCUT2D eigenvalue weighted by atomic mass is 10.4. The van der Waals surface area contributed by atoms with Crippen LogP contribution in [0.25, 0.3) is 0 Å². The van der Waals surface area contributed by atoms with Crippen molar-refractivity contribution in [3.8, 4) is 0 Å². The van der Waals surface area contributed by atoms with Crippen LogP contribution in [0, 0.1) is 5.92 Å². The van der Waals surface area contributed by atoms with E-state index >= 15 is 0 Å². The molecule has 0 saturated heterocycles. The second kappa shape index (κ2) is 2.14. The van der Waals surface area contributed by atoms with Crippen LogP contribution in [0.3, 0.4) is 0 Å². The molecule has 0 aromatic rings. The van der Waals surface area contributed by atoms with E-state index in [0.29, 0.717) is 0 Å². The molecular formula is C6H8O2S. The number of carbonyl (C=O) groups excluding carboxylic acids is 2. The third-order valence-electron chi connectivity index (χ3n) is 1.75. The number of thioether (sulfide) groups is 1. The van der Waals surface area contributed by atoms with Gasteiger partial charge in [0.2, 0.25) is 0 Å². The first-order valence-corrected chi connectivity index (χ1v) is 3.98. The quantitative estimate of drug-likeness (QED) is 0.541. The summed E-state index contributed by atoms with van der Waals surface area (Å²) in [4.78, 5) is 20.4. The largest absolute Gasteiger partial charge is 0.303 e. The molecule has 0 amide bonds. The molecule has 50 valence electrons. The molecule has 0 aromatic heterocycles. The van der Waals surface area contributed by atoms with Crippen LogP contribution in [0.1, 0.15) is 6.42 Å². The van der Waals surface area contributed by atoms with E-state index in [1.54, 1.807) is 0 Å². The Labute approximate surface area is 58.0 Å². The Balaban J connectivity index is 2.56. The average Bonchev–Trinajstić information content (AvgIpc) is 2.63. The lowest BCUT2D eigenvalue weighted by molar-refractivity contribution is -0.112. The van der Waals surface area contributed by atoms with Crippen molar-refractivity contribution >= 4 is 24.3 Å². The fraction of sp³-hybridized carbons (Fsp3) is 0.667. The highest BCUT2D eigenvalue weighted by Crippen LogP contribution is 2.50. The van der Waals surface area contributed by atoms with Crippen molar-refractivity contribution in [3.05, 3.63) is 0 Å². The molecule has 0 aliphatic heterocycles. The Bertz CT molecular complexity index is 146. The van der Waals surface area contributed by atoms with Gasteiger partial charge in [-0.15, -0.1) is 0 Å². The molecule has 1 aliphatic carbocycles. The van der Waals surface area contributed by atoms with Gasteiger partial charge in [0.1, 0.15) is 12.6 Å². The van der Waals surface area contributed by atoms with Crippen LogP contribution in [-0.4, -0.2) is 23.6 Å². The standard InChI is InChI=1S/C6H8O2S/c1-9-6(4-8)2-5(6)3-7/h3-5H,2H2,1H3/t5-,6+/m0/s1. The minimum absolute atomic E-state index is 0.00926. The second-order valence-electron chi connectivity index (χ2n) is 2.22. The molecule has 3 heteroatoms. The van der Waals surface area contributed by atoms with Crippen LogP contribution in [-0.2, 0) is 9.59 Å². The van der Waals surface area contributed by atoms with Crippen molar-refractivity contribution in [3.63, 3.8) is 0 Å². The minimum atomic E-state index is -0.332. The normalized spacial score (nSPS) is 39.9. The van der Waals surface area contributed by atoms with Crippen molar-refractivity contribution in [2.75, 3.05) is 6.26 Å². The first kappa shape index (κ1) is 6.81. The summed E-state index contributed by atoms with van der Waals surface area (Å²) in [5.74, 6) is -0.00926. The lowest BCUT2D eigenvalue weighted by Crippen LogP contribution is -2.07. The number of rotatable bonds is 3. The van der Waals surface area contributed by atoms with E-state index in [9.17, 15) is 9.59 Å². The molecule has 0 unspecified atom stereocenters. The smallest absolute Gasteiger partial charge is 0.136 e. The maximum absolute atomic E-state index is 10.3. The monoisotopic (exact) mass is 144 g/mol. The molecule has 0 N–H and O–H groups in total. The summed E-state index contributed by atoms with van der Waals surface area (Å²) in [5, 5.41) is 0. The number of carbonyl (C=O) groups is 2. The maximum Gasteiger partial charge on any atom is 0.136 e. The average molecular weight is 144 g/mol. The molecule has 0 radical (unpaired) electrons. The summed E-state index contributed by atoms with van der Waals surface area (Å²) in [6.45, 7) is 0. The van der Waals surface area contributed by atoms with Gasteiger partial charge in [-0.05, 0) is 12.7 Å². The molecule has 0 heterocycles. The molecule has 0 spiro atoms. The highest BCUT2D eigenvalue weighted by Gasteiger charge is 2.53. The van der Waals surface area contributed by atoms with Crippen LogP contribution in [0.5, 0.6) is 0 Å². The zero-order valence-electron chi connectivity index (χ0n) is 5.16. The molecule has 2 atom stereocenters. The van der Waals surface area contributed by atoms with Crippen molar-refractivity contribution in [2.45, 2.75) is 11.2 Å². The van der Waals surface area contributed by atoms with Crippen LogP contribution in [0.2, 0.25) is 0 Å². The zero-order valence-corrected chi connectivity index (χ0v) is 5.98. The van der Waals surface area contributed by atoms with Gasteiger partial charge < -0.3 is 9.59 Å². The fourth-order valence-corrected chi connectivity index (χ4v) is 1.67. The maximum atomic E-state index is 10.3. The first-order chi connectivity index (χ1) is 4.29. The van der Waals surface area contributed by atoms with Crippen LogP contribution >= 0.6 is 11.8 Å². The van der Waals surface area contributed by atoms with E-state index in [0.717, 1.165) is 19.0 Å². The predicted octanol–water partition coefficient (Wildman–Crippen LogP) is 0.506. The van der Waals surface area contributed by atoms with Gasteiger partial charge in [-0.25, -0.2) is 0 Å². The van der Waals surface area contributed by atoms with E-state index in [4.69, 9.17) is 0 Å². The van der Waals surface area contributed by atoms with Crippen molar-refractivity contribution in [1.29, 1.82) is 0 Å². The van der Waals surface area contributed by atoms with E-state index in [-0.39, 0.29) is 10.7 Å². The van der Waals surface area contributed by atoms with Gasteiger partial charge in [0.05, 0.1) is 4.75 Å². The first-order valence-electron chi connectivity index (χ1n) is 2.76.